The van der Waals surface area contributed by atoms with Gasteiger partial charge in [-0.2, -0.15) is 5.10 Å². The maximum absolute atomic E-state index is 12.6. The van der Waals surface area contributed by atoms with Crippen molar-refractivity contribution in [3.05, 3.63) is 68.8 Å². The molecule has 36 heavy (non-hydrogen) atoms. The van der Waals surface area contributed by atoms with Crippen molar-refractivity contribution in [3.8, 4) is 11.5 Å². The lowest BCUT2D eigenvalue weighted by Gasteiger charge is -2.30. The number of benzene rings is 2. The predicted molar refractivity (Wildman–Crippen MR) is 142 cm³/mol. The number of halogens is 2. The summed E-state index contributed by atoms with van der Waals surface area (Å²) in [6.45, 7) is 3.36. The molecule has 0 radical (unpaired) electrons. The Kier molecular flexibility index (Phi) is 9.51. The van der Waals surface area contributed by atoms with E-state index in [1.807, 2.05) is 0 Å². The summed E-state index contributed by atoms with van der Waals surface area (Å²) in [5.41, 5.74) is 4.51. The Morgan fingerprint density at radius 2 is 1.92 bits per heavy atom. The standard InChI is InChI=1S/C24H24Cl2N4O5S/c1-4-34-23(32)20-13(2)28-24(36)29-21(20)15-7-5-6-8-18(15)35-12-19(31)30-27-11-14-9-16(25)22(33-3)17(26)10-14/h5-11,21H,4,12H2,1-3H3,(H,30,31)(H2,28,29,36)/t21-/m1/s1. The molecule has 9 nitrogen and oxygen atoms in total. The van der Waals surface area contributed by atoms with Gasteiger partial charge in [0.1, 0.15) is 5.75 Å². The number of methoxy groups -OCH3 is 1. The Morgan fingerprint density at radius 3 is 2.58 bits per heavy atom. The van der Waals surface area contributed by atoms with Crippen LogP contribution in [0.1, 0.15) is 31.0 Å². The van der Waals surface area contributed by atoms with Gasteiger partial charge in [-0.05, 0) is 49.8 Å². The highest BCUT2D eigenvalue weighted by atomic mass is 35.5. The molecule has 1 aliphatic heterocycles. The number of thiocarbonyl (C=S) groups is 1. The smallest absolute Gasteiger partial charge is 0.338 e. The van der Waals surface area contributed by atoms with Crippen molar-refractivity contribution in [1.82, 2.24) is 16.1 Å². The summed E-state index contributed by atoms with van der Waals surface area (Å²) in [5, 5.41) is 10.9. The molecule has 0 saturated carbocycles. The van der Waals surface area contributed by atoms with Crippen LogP contribution in [-0.4, -0.2) is 43.5 Å². The molecule has 3 N–H and O–H groups in total. The maximum Gasteiger partial charge on any atom is 0.338 e. The zero-order valence-corrected chi connectivity index (χ0v) is 22.0. The molecule has 1 atom stereocenters. The van der Waals surface area contributed by atoms with E-state index in [4.69, 9.17) is 49.6 Å². The molecule has 0 spiro atoms. The van der Waals surface area contributed by atoms with Gasteiger partial charge >= 0.3 is 5.97 Å². The summed E-state index contributed by atoms with van der Waals surface area (Å²) in [4.78, 5) is 25.0. The summed E-state index contributed by atoms with van der Waals surface area (Å²) >= 11 is 17.5. The highest BCUT2D eigenvalue weighted by Crippen LogP contribution is 2.34. The van der Waals surface area contributed by atoms with Crippen LogP contribution in [-0.2, 0) is 14.3 Å². The normalized spacial score (nSPS) is 15.2. The van der Waals surface area contributed by atoms with Gasteiger partial charge in [-0.1, -0.05) is 41.4 Å². The van der Waals surface area contributed by atoms with Crippen molar-refractivity contribution >= 4 is 58.6 Å². The maximum atomic E-state index is 12.6. The highest BCUT2D eigenvalue weighted by Gasteiger charge is 2.32. The van der Waals surface area contributed by atoms with Crippen molar-refractivity contribution in [1.29, 1.82) is 0 Å². The van der Waals surface area contributed by atoms with Crippen molar-refractivity contribution in [2.24, 2.45) is 5.10 Å². The predicted octanol–water partition coefficient (Wildman–Crippen LogP) is 3.89. The zero-order chi connectivity index (χ0) is 26.2. The molecule has 190 valence electrons. The molecular formula is C24H24Cl2N4O5S. The van der Waals surface area contributed by atoms with Crippen LogP contribution in [0.15, 0.2) is 52.8 Å². The molecule has 2 aromatic carbocycles. The van der Waals surface area contributed by atoms with E-state index >= 15 is 0 Å². The minimum atomic E-state index is -0.625. The summed E-state index contributed by atoms with van der Waals surface area (Å²) in [6.07, 6.45) is 1.39. The molecule has 1 aliphatic rings. The second kappa shape index (κ2) is 12.6. The van der Waals surface area contributed by atoms with Gasteiger partial charge in [-0.15, -0.1) is 0 Å². The zero-order valence-electron chi connectivity index (χ0n) is 19.7. The molecule has 0 saturated heterocycles. The van der Waals surface area contributed by atoms with Crippen LogP contribution in [0.2, 0.25) is 10.0 Å². The van der Waals surface area contributed by atoms with Crippen molar-refractivity contribution in [2.75, 3.05) is 20.3 Å². The highest BCUT2D eigenvalue weighted by molar-refractivity contribution is 7.80. The number of hydrazone groups is 1. The second-order valence-electron chi connectivity index (χ2n) is 7.43. The van der Waals surface area contributed by atoms with Gasteiger partial charge in [-0.25, -0.2) is 10.2 Å². The average molecular weight is 551 g/mol. The molecule has 12 heteroatoms. The molecule has 0 unspecified atom stereocenters. The van der Waals surface area contributed by atoms with Crippen LogP contribution in [0.4, 0.5) is 0 Å². The third kappa shape index (κ3) is 6.66. The largest absolute Gasteiger partial charge is 0.494 e. The SMILES string of the molecule is CCOC(=O)C1=C(C)NC(=S)N[C@@H]1c1ccccc1OCC(=O)NN=Cc1cc(Cl)c(OC)c(Cl)c1. The fourth-order valence-corrected chi connectivity index (χ4v) is 4.39. The lowest BCUT2D eigenvalue weighted by atomic mass is 9.95. The number of allylic oxidation sites excluding steroid dienone is 1. The minimum absolute atomic E-state index is 0.223. The molecular weight excluding hydrogens is 527 g/mol. The Balaban J connectivity index is 1.70. The number of carbonyl (C=O) groups excluding carboxylic acids is 2. The number of hydrogen-bond acceptors (Lipinski definition) is 7. The number of nitrogens with zero attached hydrogens (tertiary/aromatic N) is 1. The van der Waals surface area contributed by atoms with Gasteiger partial charge in [-0.3, -0.25) is 4.79 Å². The lowest BCUT2D eigenvalue weighted by Crippen LogP contribution is -2.45. The number of hydrogen-bond donors (Lipinski definition) is 3. The minimum Gasteiger partial charge on any atom is -0.494 e. The summed E-state index contributed by atoms with van der Waals surface area (Å²) in [6, 6.07) is 9.59. The fraction of sp³-hybridized carbons (Fsp3) is 0.250. The summed E-state index contributed by atoms with van der Waals surface area (Å²) in [5.74, 6) is -0.241. The monoisotopic (exact) mass is 550 g/mol. The Bertz CT molecular complexity index is 1210. The van der Waals surface area contributed by atoms with Crippen LogP contribution in [0, 0.1) is 0 Å². The summed E-state index contributed by atoms with van der Waals surface area (Å²) in [7, 11) is 1.46. The number of nitrogens with one attached hydrogen (secondary N) is 3. The van der Waals surface area contributed by atoms with Gasteiger partial charge in [0.25, 0.3) is 5.91 Å². The van der Waals surface area contributed by atoms with Crippen molar-refractivity contribution in [2.45, 2.75) is 19.9 Å². The number of esters is 1. The molecule has 0 fully saturated rings. The van der Waals surface area contributed by atoms with Crippen LogP contribution in [0.5, 0.6) is 11.5 Å². The second-order valence-corrected chi connectivity index (χ2v) is 8.65. The number of amides is 1. The van der Waals surface area contributed by atoms with Gasteiger partial charge < -0.3 is 24.8 Å². The van der Waals surface area contributed by atoms with Crippen molar-refractivity contribution < 1.29 is 23.8 Å². The quantitative estimate of drug-likeness (QED) is 0.187. The molecule has 0 aromatic heterocycles. The first-order valence-electron chi connectivity index (χ1n) is 10.8. The molecule has 3 rings (SSSR count). The van der Waals surface area contributed by atoms with Crippen LogP contribution >= 0.6 is 35.4 Å². The van der Waals surface area contributed by atoms with Crippen LogP contribution in [0.3, 0.4) is 0 Å². The van der Waals surface area contributed by atoms with E-state index < -0.39 is 17.9 Å². The molecule has 2 aromatic rings. The molecule has 1 heterocycles. The van der Waals surface area contributed by atoms with E-state index in [0.29, 0.717) is 49.1 Å². The third-order valence-electron chi connectivity index (χ3n) is 4.98. The molecule has 0 bridgehead atoms. The van der Waals surface area contributed by atoms with Crippen LogP contribution < -0.4 is 25.5 Å². The average Bonchev–Trinajstić information content (AvgIpc) is 2.82. The van der Waals surface area contributed by atoms with E-state index in [0.717, 1.165) is 0 Å². The van der Waals surface area contributed by atoms with Gasteiger partial charge in [0.05, 0.1) is 41.6 Å². The first kappa shape index (κ1) is 27.3. The number of rotatable bonds is 9. The van der Waals surface area contributed by atoms with E-state index in [2.05, 4.69) is 21.2 Å². The number of ether oxygens (including phenoxy) is 3. The van der Waals surface area contributed by atoms with Crippen LogP contribution in [0.25, 0.3) is 0 Å². The number of carbonyl (C=O) groups is 2. The third-order valence-corrected chi connectivity index (χ3v) is 5.76. The number of para-hydroxylation sites is 1. The Morgan fingerprint density at radius 1 is 1.22 bits per heavy atom. The topological polar surface area (TPSA) is 110 Å². The lowest BCUT2D eigenvalue weighted by molar-refractivity contribution is -0.139. The van der Waals surface area contributed by atoms with E-state index in [9.17, 15) is 9.59 Å². The summed E-state index contributed by atoms with van der Waals surface area (Å²) < 4.78 is 16.1. The van der Waals surface area contributed by atoms with Gasteiger partial charge in [0.15, 0.2) is 17.5 Å². The first-order valence-corrected chi connectivity index (χ1v) is 11.9. The first-order chi connectivity index (χ1) is 17.2. The van der Waals surface area contributed by atoms with Crippen molar-refractivity contribution in [3.63, 3.8) is 0 Å². The Labute approximate surface area is 223 Å². The molecule has 0 aliphatic carbocycles. The van der Waals surface area contributed by atoms with E-state index in [1.54, 1.807) is 50.2 Å². The molecule has 1 amide bonds. The fourth-order valence-electron chi connectivity index (χ4n) is 3.46. The van der Waals surface area contributed by atoms with Gasteiger partial charge in [0, 0.05) is 11.3 Å². The van der Waals surface area contributed by atoms with E-state index in [-0.39, 0.29) is 13.2 Å². The van der Waals surface area contributed by atoms with E-state index in [1.165, 1.54) is 13.3 Å². The van der Waals surface area contributed by atoms with Gasteiger partial charge in [0.2, 0.25) is 0 Å². The Hall–Kier alpha value is -3.34.